The fraction of sp³-hybridized carbons (Fsp3) is 0.235. The number of benzene rings is 2. The number of nitrogens with one attached hydrogen (secondary N) is 2. The van der Waals surface area contributed by atoms with Crippen LogP contribution in [0, 0.1) is 16.0 Å². The van der Waals surface area contributed by atoms with Crippen LogP contribution in [0.3, 0.4) is 0 Å². The fourth-order valence-electron chi connectivity index (χ4n) is 2.38. The van der Waals surface area contributed by atoms with E-state index in [9.17, 15) is 23.3 Å². The molecular weight excluding hydrogens is 358 g/mol. The molecule has 0 saturated heterocycles. The molecule has 0 heterocycles. The molecule has 2 N–H and O–H groups in total. The van der Waals surface area contributed by atoms with Crippen molar-refractivity contribution in [1.29, 1.82) is 0 Å². The number of sulfone groups is 1. The molecule has 1 aliphatic carbocycles. The first-order chi connectivity index (χ1) is 12.2. The second-order valence-electron chi connectivity index (χ2n) is 6.17. The number of hydrogen-bond donors (Lipinski definition) is 2. The summed E-state index contributed by atoms with van der Waals surface area (Å²) in [5, 5.41) is 17.0. The van der Waals surface area contributed by atoms with E-state index in [1.165, 1.54) is 12.1 Å². The number of nitro groups is 1. The Balaban J connectivity index is 1.79. The molecule has 3 rings (SSSR count). The molecule has 8 nitrogen and oxygen atoms in total. The lowest BCUT2D eigenvalue weighted by Gasteiger charge is -2.10. The van der Waals surface area contributed by atoms with Gasteiger partial charge in [0.1, 0.15) is 5.69 Å². The first kappa shape index (κ1) is 17.9. The predicted molar refractivity (Wildman–Crippen MR) is 97.3 cm³/mol. The lowest BCUT2D eigenvalue weighted by Crippen LogP contribution is -2.13. The summed E-state index contributed by atoms with van der Waals surface area (Å²) in [5.74, 6) is 0.0986. The van der Waals surface area contributed by atoms with Crippen LogP contribution in [0.2, 0.25) is 0 Å². The van der Waals surface area contributed by atoms with Gasteiger partial charge in [-0.05, 0) is 49.2 Å². The van der Waals surface area contributed by atoms with Crippen LogP contribution in [0.15, 0.2) is 47.4 Å². The summed E-state index contributed by atoms with van der Waals surface area (Å²) in [4.78, 5) is 22.2. The van der Waals surface area contributed by atoms with Crippen molar-refractivity contribution in [2.45, 2.75) is 17.7 Å². The molecule has 2 aromatic carbocycles. The van der Waals surface area contributed by atoms with Gasteiger partial charge in [-0.3, -0.25) is 14.9 Å². The van der Waals surface area contributed by atoms with Crippen LogP contribution in [-0.4, -0.2) is 25.5 Å². The van der Waals surface area contributed by atoms with Crippen LogP contribution >= 0.6 is 0 Å². The van der Waals surface area contributed by atoms with E-state index in [2.05, 4.69) is 10.6 Å². The van der Waals surface area contributed by atoms with Gasteiger partial charge in [-0.25, -0.2) is 8.42 Å². The molecule has 0 atom stereocenters. The third-order valence-electron chi connectivity index (χ3n) is 3.97. The maximum atomic E-state index is 11.7. The van der Waals surface area contributed by atoms with E-state index in [1.807, 2.05) is 0 Å². The van der Waals surface area contributed by atoms with Gasteiger partial charge < -0.3 is 10.6 Å². The SMILES string of the molecule is CS(=O)(=O)c1ccc(Nc2ccc(NC(=O)C3CC3)cc2)c([N+](=O)[O-])c1. The number of nitro benzene ring substituents is 1. The number of carbonyl (C=O) groups excluding carboxylic acids is 1. The highest BCUT2D eigenvalue weighted by Crippen LogP contribution is 2.32. The summed E-state index contributed by atoms with van der Waals surface area (Å²) in [5.41, 5.74) is 1.07. The van der Waals surface area contributed by atoms with Gasteiger partial charge in [-0.1, -0.05) is 0 Å². The molecule has 0 aliphatic heterocycles. The molecule has 0 radical (unpaired) electrons. The number of anilines is 3. The number of carbonyl (C=O) groups is 1. The van der Waals surface area contributed by atoms with E-state index >= 15 is 0 Å². The molecule has 1 fully saturated rings. The highest BCUT2D eigenvalue weighted by atomic mass is 32.2. The summed E-state index contributed by atoms with van der Waals surface area (Å²) >= 11 is 0. The Morgan fingerprint density at radius 3 is 2.27 bits per heavy atom. The Labute approximate surface area is 150 Å². The first-order valence-corrected chi connectivity index (χ1v) is 9.79. The predicted octanol–water partition coefficient (Wildman–Crippen LogP) is 3.09. The van der Waals surface area contributed by atoms with Crippen molar-refractivity contribution < 1.29 is 18.1 Å². The quantitative estimate of drug-likeness (QED) is 0.591. The highest BCUT2D eigenvalue weighted by Gasteiger charge is 2.29. The van der Waals surface area contributed by atoms with E-state index < -0.39 is 14.8 Å². The Hall–Kier alpha value is -2.94. The summed E-state index contributed by atoms with van der Waals surface area (Å²) in [7, 11) is -3.54. The second kappa shape index (κ2) is 6.75. The number of nitrogens with zero attached hydrogens (tertiary/aromatic N) is 1. The molecule has 26 heavy (non-hydrogen) atoms. The first-order valence-electron chi connectivity index (χ1n) is 7.90. The molecule has 0 spiro atoms. The third-order valence-corrected chi connectivity index (χ3v) is 5.08. The van der Waals surface area contributed by atoms with Crippen molar-refractivity contribution in [3.05, 3.63) is 52.6 Å². The van der Waals surface area contributed by atoms with Crippen molar-refractivity contribution in [3.63, 3.8) is 0 Å². The molecule has 0 aromatic heterocycles. The minimum absolute atomic E-state index is 0.00212. The molecule has 0 unspecified atom stereocenters. The maximum absolute atomic E-state index is 11.7. The van der Waals surface area contributed by atoms with Crippen LogP contribution < -0.4 is 10.6 Å². The number of hydrogen-bond acceptors (Lipinski definition) is 6. The Morgan fingerprint density at radius 1 is 1.12 bits per heavy atom. The van der Waals surface area contributed by atoms with E-state index in [-0.39, 0.29) is 28.1 Å². The van der Waals surface area contributed by atoms with Crippen LogP contribution in [0.4, 0.5) is 22.7 Å². The molecule has 2 aromatic rings. The van der Waals surface area contributed by atoms with Crippen LogP contribution in [0.5, 0.6) is 0 Å². The van der Waals surface area contributed by atoms with Crippen LogP contribution in [0.1, 0.15) is 12.8 Å². The number of rotatable bonds is 6. The molecule has 1 aliphatic rings. The van der Waals surface area contributed by atoms with Crippen LogP contribution in [0.25, 0.3) is 0 Å². The van der Waals surface area contributed by atoms with Crippen molar-refractivity contribution in [1.82, 2.24) is 0 Å². The van der Waals surface area contributed by atoms with Gasteiger partial charge in [0.15, 0.2) is 9.84 Å². The summed E-state index contributed by atoms with van der Waals surface area (Å²) in [6.07, 6.45) is 2.82. The standard InChI is InChI=1S/C17H17N3O5S/c1-26(24,25)14-8-9-15(16(10-14)20(22)23)18-12-4-6-13(7-5-12)19-17(21)11-2-3-11/h4-11,18H,2-3H2,1H3,(H,19,21). The third kappa shape index (κ3) is 4.17. The zero-order valence-corrected chi connectivity index (χ0v) is 14.7. The largest absolute Gasteiger partial charge is 0.350 e. The molecule has 1 amide bonds. The van der Waals surface area contributed by atoms with Crippen molar-refractivity contribution >= 4 is 38.5 Å². The van der Waals surface area contributed by atoms with E-state index in [0.717, 1.165) is 25.2 Å². The lowest BCUT2D eigenvalue weighted by molar-refractivity contribution is -0.384. The second-order valence-corrected chi connectivity index (χ2v) is 8.19. The zero-order chi connectivity index (χ0) is 18.9. The Morgan fingerprint density at radius 2 is 1.73 bits per heavy atom. The van der Waals surface area contributed by atoms with Gasteiger partial charge in [0, 0.05) is 29.6 Å². The van der Waals surface area contributed by atoms with E-state index in [4.69, 9.17) is 0 Å². The van der Waals surface area contributed by atoms with Crippen molar-refractivity contribution in [2.24, 2.45) is 5.92 Å². The minimum Gasteiger partial charge on any atom is -0.350 e. The molecule has 9 heteroatoms. The molecular formula is C17H17N3O5S. The highest BCUT2D eigenvalue weighted by molar-refractivity contribution is 7.90. The zero-order valence-electron chi connectivity index (χ0n) is 13.9. The van der Waals surface area contributed by atoms with Crippen LogP contribution in [-0.2, 0) is 14.6 Å². The Bertz CT molecular complexity index is 966. The average molecular weight is 375 g/mol. The van der Waals surface area contributed by atoms with Crippen molar-refractivity contribution in [3.8, 4) is 0 Å². The maximum Gasteiger partial charge on any atom is 0.293 e. The van der Waals surface area contributed by atoms with E-state index in [0.29, 0.717) is 11.4 Å². The summed E-state index contributed by atoms with van der Waals surface area (Å²) in [6, 6.07) is 10.4. The van der Waals surface area contributed by atoms with Gasteiger partial charge in [-0.2, -0.15) is 0 Å². The molecule has 136 valence electrons. The molecule has 0 bridgehead atoms. The number of amides is 1. The minimum atomic E-state index is -3.54. The smallest absolute Gasteiger partial charge is 0.293 e. The molecule has 1 saturated carbocycles. The Kier molecular flexibility index (Phi) is 4.64. The van der Waals surface area contributed by atoms with Gasteiger partial charge in [0.2, 0.25) is 5.91 Å². The summed E-state index contributed by atoms with van der Waals surface area (Å²) in [6.45, 7) is 0. The van der Waals surface area contributed by atoms with Crippen molar-refractivity contribution in [2.75, 3.05) is 16.9 Å². The van der Waals surface area contributed by atoms with Gasteiger partial charge in [0.25, 0.3) is 5.69 Å². The normalized spacial score (nSPS) is 13.9. The van der Waals surface area contributed by atoms with Gasteiger partial charge in [-0.15, -0.1) is 0 Å². The monoisotopic (exact) mass is 375 g/mol. The lowest BCUT2D eigenvalue weighted by atomic mass is 10.2. The average Bonchev–Trinajstić information content (AvgIpc) is 3.41. The topological polar surface area (TPSA) is 118 Å². The van der Waals surface area contributed by atoms with Gasteiger partial charge >= 0.3 is 0 Å². The summed E-state index contributed by atoms with van der Waals surface area (Å²) < 4.78 is 23.2. The van der Waals surface area contributed by atoms with E-state index in [1.54, 1.807) is 24.3 Å². The fourth-order valence-corrected chi connectivity index (χ4v) is 3.02. The van der Waals surface area contributed by atoms with Gasteiger partial charge in [0.05, 0.1) is 9.82 Å².